The second kappa shape index (κ2) is 6.89. The molecule has 2 aliphatic heterocycles. The van der Waals surface area contributed by atoms with E-state index in [9.17, 15) is 30.3 Å². The highest BCUT2D eigenvalue weighted by Gasteiger charge is 2.49. The Labute approximate surface area is 137 Å². The number of carbonyl (C=O) groups is 1. The van der Waals surface area contributed by atoms with Gasteiger partial charge >= 0.3 is 0 Å². The van der Waals surface area contributed by atoms with E-state index in [4.69, 9.17) is 14.2 Å². The maximum absolute atomic E-state index is 11.2. The molecule has 3 aliphatic rings. The predicted molar refractivity (Wildman–Crippen MR) is 76.0 cm³/mol. The van der Waals surface area contributed by atoms with E-state index in [1.807, 2.05) is 0 Å². The summed E-state index contributed by atoms with van der Waals surface area (Å²) in [5.74, 6) is -1.02. The van der Waals surface area contributed by atoms with Gasteiger partial charge in [-0.3, -0.25) is 4.79 Å². The first kappa shape index (κ1) is 17.5. The average Bonchev–Trinajstić information content (AvgIpc) is 2.92. The van der Waals surface area contributed by atoms with Gasteiger partial charge in [0.25, 0.3) is 0 Å². The van der Waals surface area contributed by atoms with Gasteiger partial charge in [0.05, 0.1) is 24.9 Å². The predicted octanol–water partition coefficient (Wildman–Crippen LogP) is -2.59. The lowest BCUT2D eigenvalue weighted by Crippen LogP contribution is -2.60. The largest absolute Gasteiger partial charge is 0.472 e. The molecule has 0 aromatic heterocycles. The Morgan fingerprint density at radius 2 is 1.88 bits per heavy atom. The van der Waals surface area contributed by atoms with Crippen molar-refractivity contribution < 1.29 is 44.5 Å². The van der Waals surface area contributed by atoms with Crippen LogP contribution in [0.4, 0.5) is 0 Å². The fraction of sp³-hybridized carbons (Fsp3) is 0.667. The van der Waals surface area contributed by atoms with Crippen molar-refractivity contribution in [1.29, 1.82) is 0 Å². The summed E-state index contributed by atoms with van der Waals surface area (Å²) in [5, 5.41) is 48.7. The Bertz CT molecular complexity index is 531. The lowest BCUT2D eigenvalue weighted by Gasteiger charge is -2.42. The van der Waals surface area contributed by atoms with Crippen LogP contribution < -0.4 is 0 Å². The van der Waals surface area contributed by atoms with Crippen LogP contribution in [-0.2, 0) is 19.0 Å². The quantitative estimate of drug-likeness (QED) is 0.347. The maximum atomic E-state index is 11.2. The molecular weight excluding hydrogens is 324 g/mol. The van der Waals surface area contributed by atoms with Crippen LogP contribution in [-0.4, -0.2) is 81.5 Å². The number of aliphatic hydroxyl groups is 5. The van der Waals surface area contributed by atoms with Crippen LogP contribution in [0, 0.1) is 11.8 Å². The molecule has 0 aromatic rings. The molecular formula is C15H20O9. The van der Waals surface area contributed by atoms with Crippen molar-refractivity contribution in [2.75, 3.05) is 6.61 Å². The van der Waals surface area contributed by atoms with Gasteiger partial charge in [-0.2, -0.15) is 0 Å². The Hall–Kier alpha value is -1.33. The van der Waals surface area contributed by atoms with E-state index >= 15 is 0 Å². The first-order valence-electron chi connectivity index (χ1n) is 7.61. The van der Waals surface area contributed by atoms with Gasteiger partial charge in [0.2, 0.25) is 6.29 Å². The Balaban J connectivity index is 1.76. The zero-order valence-corrected chi connectivity index (χ0v) is 12.6. The van der Waals surface area contributed by atoms with E-state index in [1.165, 1.54) is 12.3 Å². The molecule has 5 N–H and O–H groups in total. The summed E-state index contributed by atoms with van der Waals surface area (Å²) in [6.45, 7) is -0.583. The van der Waals surface area contributed by atoms with E-state index in [2.05, 4.69) is 0 Å². The molecule has 9 nitrogen and oxygen atoms in total. The molecule has 24 heavy (non-hydrogen) atoms. The molecule has 0 bridgehead atoms. The molecule has 1 aliphatic carbocycles. The topological polar surface area (TPSA) is 146 Å². The second-order valence-electron chi connectivity index (χ2n) is 6.04. The van der Waals surface area contributed by atoms with Crippen LogP contribution in [0.2, 0.25) is 0 Å². The number of hydrogen-bond donors (Lipinski definition) is 5. The number of carbonyl (C=O) groups excluding carboxylic acids is 1. The van der Waals surface area contributed by atoms with Gasteiger partial charge in [0.15, 0.2) is 6.29 Å². The van der Waals surface area contributed by atoms with Crippen molar-refractivity contribution in [3.8, 4) is 0 Å². The molecule has 0 amide bonds. The van der Waals surface area contributed by atoms with Crippen LogP contribution in [0.5, 0.6) is 0 Å². The van der Waals surface area contributed by atoms with E-state index in [-0.39, 0.29) is 0 Å². The minimum atomic E-state index is -1.58. The molecule has 0 aromatic carbocycles. The second-order valence-corrected chi connectivity index (χ2v) is 6.04. The SMILES string of the molecule is O=CC1=C[C@@H](O)[C@@H]2C=CO[C@@H](O[C@@H]3O[C@H](CO)[C@@H](O)[C@H](O)[C@H]3O)[C@H]12. The van der Waals surface area contributed by atoms with Crippen LogP contribution in [0.1, 0.15) is 0 Å². The molecule has 0 saturated carbocycles. The third-order valence-corrected chi connectivity index (χ3v) is 4.62. The Kier molecular flexibility index (Phi) is 5.02. The maximum Gasteiger partial charge on any atom is 0.209 e. The van der Waals surface area contributed by atoms with Crippen LogP contribution in [0.15, 0.2) is 24.0 Å². The van der Waals surface area contributed by atoms with E-state index in [0.29, 0.717) is 11.9 Å². The lowest BCUT2D eigenvalue weighted by molar-refractivity contribution is -0.339. The average molecular weight is 344 g/mol. The summed E-state index contributed by atoms with van der Waals surface area (Å²) in [4.78, 5) is 11.2. The molecule has 0 unspecified atom stereocenters. The molecule has 9 heteroatoms. The molecule has 3 rings (SSSR count). The minimum Gasteiger partial charge on any atom is -0.472 e. The summed E-state index contributed by atoms with van der Waals surface area (Å²) in [6.07, 6.45) is -4.13. The standard InChI is InChI=1S/C15H20O9/c16-4-6-3-8(18)7-1-2-22-14(10(6)7)24-15-13(21)12(20)11(19)9(5-17)23-15/h1-4,7-15,17-21H,5H2/t7-,8+,9+,10+,11+,12-,13+,14-,15-/m0/s1. The van der Waals surface area contributed by atoms with Gasteiger partial charge in [0, 0.05) is 11.5 Å². The van der Waals surface area contributed by atoms with E-state index in [0.717, 1.165) is 0 Å². The van der Waals surface area contributed by atoms with Gasteiger partial charge in [-0.1, -0.05) is 0 Å². The summed E-state index contributed by atoms with van der Waals surface area (Å²) in [6, 6.07) is 0. The molecule has 0 spiro atoms. The van der Waals surface area contributed by atoms with Crippen molar-refractivity contribution in [3.05, 3.63) is 24.0 Å². The van der Waals surface area contributed by atoms with Gasteiger partial charge in [-0.15, -0.1) is 0 Å². The lowest BCUT2D eigenvalue weighted by atomic mass is 9.88. The van der Waals surface area contributed by atoms with Crippen LogP contribution >= 0.6 is 0 Å². The first-order chi connectivity index (χ1) is 11.5. The fourth-order valence-corrected chi connectivity index (χ4v) is 3.27. The molecule has 134 valence electrons. The van der Waals surface area contributed by atoms with Crippen molar-refractivity contribution in [2.24, 2.45) is 11.8 Å². The summed E-state index contributed by atoms with van der Waals surface area (Å²) in [7, 11) is 0. The van der Waals surface area contributed by atoms with Crippen molar-refractivity contribution in [1.82, 2.24) is 0 Å². The molecule has 1 fully saturated rings. The number of fused-ring (bicyclic) bond motifs is 1. The highest BCUT2D eigenvalue weighted by Crippen LogP contribution is 2.40. The number of rotatable bonds is 4. The van der Waals surface area contributed by atoms with Crippen molar-refractivity contribution in [3.63, 3.8) is 0 Å². The molecule has 1 saturated heterocycles. The summed E-state index contributed by atoms with van der Waals surface area (Å²) in [5.41, 5.74) is 0.298. The first-order valence-corrected chi connectivity index (χ1v) is 7.61. The van der Waals surface area contributed by atoms with Crippen molar-refractivity contribution in [2.45, 2.75) is 43.1 Å². The molecule has 2 heterocycles. The Morgan fingerprint density at radius 1 is 1.12 bits per heavy atom. The van der Waals surface area contributed by atoms with Gasteiger partial charge < -0.3 is 39.7 Å². The highest BCUT2D eigenvalue weighted by molar-refractivity contribution is 5.75. The molecule has 9 atom stereocenters. The zero-order valence-electron chi connectivity index (χ0n) is 12.6. The fourth-order valence-electron chi connectivity index (χ4n) is 3.27. The van der Waals surface area contributed by atoms with E-state index < -0.39 is 61.5 Å². The third-order valence-electron chi connectivity index (χ3n) is 4.62. The zero-order chi connectivity index (χ0) is 17.4. The highest BCUT2D eigenvalue weighted by atomic mass is 16.8. The monoisotopic (exact) mass is 344 g/mol. The smallest absolute Gasteiger partial charge is 0.209 e. The number of hydrogen-bond acceptors (Lipinski definition) is 9. The van der Waals surface area contributed by atoms with E-state index in [1.54, 1.807) is 6.08 Å². The normalized spacial score (nSPS) is 47.7. The minimum absolute atomic E-state index is 0.298. The molecule has 0 radical (unpaired) electrons. The Morgan fingerprint density at radius 3 is 2.54 bits per heavy atom. The number of aldehydes is 1. The number of ether oxygens (including phenoxy) is 3. The third kappa shape index (κ3) is 2.88. The summed E-state index contributed by atoms with van der Waals surface area (Å²) < 4.78 is 16.2. The van der Waals surface area contributed by atoms with Crippen LogP contribution in [0.25, 0.3) is 0 Å². The van der Waals surface area contributed by atoms with Crippen LogP contribution in [0.3, 0.4) is 0 Å². The summed E-state index contributed by atoms with van der Waals surface area (Å²) >= 11 is 0. The number of aliphatic hydroxyl groups excluding tert-OH is 5. The van der Waals surface area contributed by atoms with Gasteiger partial charge in [-0.05, 0) is 12.2 Å². The van der Waals surface area contributed by atoms with Crippen molar-refractivity contribution >= 4 is 6.29 Å². The van der Waals surface area contributed by atoms with Gasteiger partial charge in [0.1, 0.15) is 30.7 Å². The van der Waals surface area contributed by atoms with Gasteiger partial charge in [-0.25, -0.2) is 0 Å².